The Morgan fingerprint density at radius 2 is 2.45 bits per heavy atom. The van der Waals surface area contributed by atoms with E-state index in [-0.39, 0.29) is 11.9 Å². The fourth-order valence-electron chi connectivity index (χ4n) is 2.65. The normalized spacial score (nSPS) is 17.9. The van der Waals surface area contributed by atoms with Gasteiger partial charge in [0.2, 0.25) is 11.0 Å². The van der Waals surface area contributed by atoms with Crippen molar-refractivity contribution < 1.29 is 9.21 Å². The molecule has 0 bridgehead atoms. The first-order valence-electron chi connectivity index (χ1n) is 7.67. The van der Waals surface area contributed by atoms with Crippen LogP contribution in [0.3, 0.4) is 0 Å². The van der Waals surface area contributed by atoms with Gasteiger partial charge in [-0.1, -0.05) is 18.3 Å². The van der Waals surface area contributed by atoms with E-state index in [0.717, 1.165) is 48.1 Å². The topological polar surface area (TPSA) is 71.3 Å². The Labute approximate surface area is 133 Å². The molecule has 1 saturated heterocycles. The molecule has 1 aliphatic heterocycles. The number of carbonyl (C=O) groups is 1. The molecule has 2 aromatic rings. The van der Waals surface area contributed by atoms with Crippen molar-refractivity contribution in [1.82, 2.24) is 15.5 Å². The van der Waals surface area contributed by atoms with E-state index in [2.05, 4.69) is 27.3 Å². The van der Waals surface area contributed by atoms with Gasteiger partial charge in [0, 0.05) is 13.0 Å². The van der Waals surface area contributed by atoms with Crippen LogP contribution in [0.25, 0.3) is 0 Å². The summed E-state index contributed by atoms with van der Waals surface area (Å²) >= 11 is 1.60. The van der Waals surface area contributed by atoms with E-state index in [4.69, 9.17) is 4.42 Å². The second-order valence-corrected chi connectivity index (χ2v) is 6.42. The quantitative estimate of drug-likeness (QED) is 0.885. The second kappa shape index (κ2) is 6.91. The number of rotatable bonds is 6. The van der Waals surface area contributed by atoms with Gasteiger partial charge in [0.1, 0.15) is 16.8 Å². The molecule has 6 nitrogen and oxygen atoms in total. The van der Waals surface area contributed by atoms with E-state index in [1.165, 1.54) is 0 Å². The zero-order valence-corrected chi connectivity index (χ0v) is 13.4. The van der Waals surface area contributed by atoms with Crippen molar-refractivity contribution in [2.75, 3.05) is 11.4 Å². The number of hydrogen-bond donors (Lipinski definition) is 1. The minimum Gasteiger partial charge on any atom is -0.467 e. The van der Waals surface area contributed by atoms with Gasteiger partial charge in [-0.05, 0) is 31.4 Å². The van der Waals surface area contributed by atoms with E-state index in [0.29, 0.717) is 6.54 Å². The molecule has 0 spiro atoms. The summed E-state index contributed by atoms with van der Waals surface area (Å²) in [5.74, 6) is 0.792. The van der Waals surface area contributed by atoms with Crippen molar-refractivity contribution in [1.29, 1.82) is 0 Å². The highest BCUT2D eigenvalue weighted by molar-refractivity contribution is 7.15. The van der Waals surface area contributed by atoms with Crippen molar-refractivity contribution >= 4 is 22.4 Å². The molecule has 3 heterocycles. The summed E-state index contributed by atoms with van der Waals surface area (Å²) in [5.41, 5.74) is 0. The van der Waals surface area contributed by atoms with Crippen molar-refractivity contribution in [2.24, 2.45) is 0 Å². The predicted octanol–water partition coefficient (Wildman–Crippen LogP) is 2.37. The van der Waals surface area contributed by atoms with Gasteiger partial charge in [0.05, 0.1) is 12.8 Å². The molecule has 1 N–H and O–H groups in total. The summed E-state index contributed by atoms with van der Waals surface area (Å²) in [6.45, 7) is 3.41. The monoisotopic (exact) mass is 320 g/mol. The predicted molar refractivity (Wildman–Crippen MR) is 84.8 cm³/mol. The first-order valence-corrected chi connectivity index (χ1v) is 8.48. The molecule has 118 valence electrons. The van der Waals surface area contributed by atoms with Crippen LogP contribution in [-0.4, -0.2) is 28.7 Å². The summed E-state index contributed by atoms with van der Waals surface area (Å²) < 4.78 is 5.24. The summed E-state index contributed by atoms with van der Waals surface area (Å²) in [7, 11) is 0. The van der Waals surface area contributed by atoms with Crippen molar-refractivity contribution in [3.8, 4) is 0 Å². The van der Waals surface area contributed by atoms with E-state index >= 15 is 0 Å². The summed E-state index contributed by atoms with van der Waals surface area (Å²) in [4.78, 5) is 14.5. The summed E-state index contributed by atoms with van der Waals surface area (Å²) in [6.07, 6.45) is 5.47. The maximum atomic E-state index is 12.4. The summed E-state index contributed by atoms with van der Waals surface area (Å²) in [5, 5.41) is 13.3. The lowest BCUT2D eigenvalue weighted by Crippen LogP contribution is -2.43. The van der Waals surface area contributed by atoms with Crippen LogP contribution in [-0.2, 0) is 17.8 Å². The highest BCUT2D eigenvalue weighted by atomic mass is 32.1. The SMILES string of the molecule is CCCc1nnc(N2CCC[C@@H]2C(=O)NCc2ccco2)s1. The Hall–Kier alpha value is -1.89. The van der Waals surface area contributed by atoms with Crippen LogP contribution < -0.4 is 10.2 Å². The van der Waals surface area contributed by atoms with Gasteiger partial charge >= 0.3 is 0 Å². The minimum absolute atomic E-state index is 0.0288. The van der Waals surface area contributed by atoms with Crippen LogP contribution >= 0.6 is 11.3 Å². The highest BCUT2D eigenvalue weighted by Crippen LogP contribution is 2.29. The minimum atomic E-state index is -0.155. The Morgan fingerprint density at radius 3 is 3.23 bits per heavy atom. The maximum Gasteiger partial charge on any atom is 0.243 e. The van der Waals surface area contributed by atoms with Gasteiger partial charge in [0.25, 0.3) is 0 Å². The molecule has 0 aromatic carbocycles. The van der Waals surface area contributed by atoms with Crippen LogP contribution in [0.1, 0.15) is 37.0 Å². The molecule has 0 aliphatic carbocycles. The molecule has 2 aromatic heterocycles. The first-order chi connectivity index (χ1) is 10.8. The molecule has 0 unspecified atom stereocenters. The van der Waals surface area contributed by atoms with Gasteiger partial charge in [-0.25, -0.2) is 0 Å². The third-order valence-electron chi connectivity index (χ3n) is 3.74. The number of aryl methyl sites for hydroxylation is 1. The van der Waals surface area contributed by atoms with Gasteiger partial charge in [0.15, 0.2) is 0 Å². The fourth-order valence-corrected chi connectivity index (χ4v) is 3.67. The van der Waals surface area contributed by atoms with Crippen molar-refractivity contribution in [3.05, 3.63) is 29.2 Å². The largest absolute Gasteiger partial charge is 0.467 e. The molecule has 1 amide bonds. The molecule has 0 radical (unpaired) electrons. The molecule has 3 rings (SSSR count). The number of hydrogen-bond acceptors (Lipinski definition) is 6. The third-order valence-corrected chi connectivity index (χ3v) is 4.76. The van der Waals surface area contributed by atoms with Gasteiger partial charge in [-0.2, -0.15) is 0 Å². The van der Waals surface area contributed by atoms with Gasteiger partial charge in [-0.15, -0.1) is 10.2 Å². The molecule has 1 fully saturated rings. The third kappa shape index (κ3) is 3.30. The standard InChI is InChI=1S/C15H20N4O2S/c1-2-5-13-17-18-15(22-13)19-8-3-7-12(19)14(20)16-10-11-6-4-9-21-11/h4,6,9,12H,2-3,5,7-8,10H2,1H3,(H,16,20)/t12-/m1/s1. The second-order valence-electron chi connectivity index (χ2n) is 5.38. The van der Waals surface area contributed by atoms with E-state index in [9.17, 15) is 4.79 Å². The number of furan rings is 1. The summed E-state index contributed by atoms with van der Waals surface area (Å²) in [6, 6.07) is 3.52. The van der Waals surface area contributed by atoms with Crippen LogP contribution in [0.15, 0.2) is 22.8 Å². The zero-order chi connectivity index (χ0) is 15.4. The lowest BCUT2D eigenvalue weighted by atomic mass is 10.2. The number of nitrogens with one attached hydrogen (secondary N) is 1. The molecular formula is C15H20N4O2S. The Kier molecular flexibility index (Phi) is 4.72. The highest BCUT2D eigenvalue weighted by Gasteiger charge is 2.32. The first kappa shape index (κ1) is 15.0. The average Bonchev–Trinajstić information content (AvgIpc) is 3.25. The molecule has 0 saturated carbocycles. The van der Waals surface area contributed by atoms with Crippen LogP contribution in [0.4, 0.5) is 5.13 Å². The number of aromatic nitrogens is 2. The number of carbonyl (C=O) groups excluding carboxylic acids is 1. The molecule has 1 atom stereocenters. The smallest absolute Gasteiger partial charge is 0.243 e. The van der Waals surface area contributed by atoms with Crippen LogP contribution in [0.2, 0.25) is 0 Å². The number of amides is 1. The van der Waals surface area contributed by atoms with Crippen molar-refractivity contribution in [2.45, 2.75) is 45.2 Å². The molecule has 22 heavy (non-hydrogen) atoms. The van der Waals surface area contributed by atoms with Gasteiger partial charge < -0.3 is 14.6 Å². The van der Waals surface area contributed by atoms with E-state index in [1.54, 1.807) is 17.6 Å². The lowest BCUT2D eigenvalue weighted by Gasteiger charge is -2.22. The molecular weight excluding hydrogens is 300 g/mol. The van der Waals surface area contributed by atoms with Crippen LogP contribution in [0, 0.1) is 0 Å². The van der Waals surface area contributed by atoms with Crippen molar-refractivity contribution in [3.63, 3.8) is 0 Å². The van der Waals surface area contributed by atoms with Crippen LogP contribution in [0.5, 0.6) is 0 Å². The lowest BCUT2D eigenvalue weighted by molar-refractivity contribution is -0.122. The fraction of sp³-hybridized carbons (Fsp3) is 0.533. The Bertz CT molecular complexity index is 611. The van der Waals surface area contributed by atoms with E-state index < -0.39 is 0 Å². The Balaban J connectivity index is 1.62. The zero-order valence-electron chi connectivity index (χ0n) is 12.6. The number of nitrogens with zero attached hydrogens (tertiary/aromatic N) is 3. The molecule has 7 heteroatoms. The maximum absolute atomic E-state index is 12.4. The Morgan fingerprint density at radius 1 is 1.55 bits per heavy atom. The molecule has 1 aliphatic rings. The van der Waals surface area contributed by atoms with Gasteiger partial charge in [-0.3, -0.25) is 4.79 Å². The average molecular weight is 320 g/mol. The number of anilines is 1. The van der Waals surface area contributed by atoms with E-state index in [1.807, 2.05) is 12.1 Å².